The SMILES string of the molecule is COc1cccc(C2CCCN2C(=O)c2ccc(S(=O)(=O)Nc3nccs3)cc2)c1. The number of anilines is 1. The van der Waals surface area contributed by atoms with Crippen LogP contribution in [0.3, 0.4) is 0 Å². The first-order valence-corrected chi connectivity index (χ1v) is 11.8. The van der Waals surface area contributed by atoms with Crippen molar-refractivity contribution in [3.05, 3.63) is 71.2 Å². The summed E-state index contributed by atoms with van der Waals surface area (Å²) in [5, 5.41) is 1.99. The number of rotatable bonds is 6. The van der Waals surface area contributed by atoms with E-state index in [0.29, 0.717) is 17.2 Å². The van der Waals surface area contributed by atoms with Gasteiger partial charge in [-0.15, -0.1) is 11.3 Å². The zero-order valence-electron chi connectivity index (χ0n) is 16.3. The van der Waals surface area contributed by atoms with Crippen LogP contribution in [0.1, 0.15) is 34.8 Å². The number of carbonyl (C=O) groups excluding carboxylic acids is 1. The number of nitrogens with one attached hydrogen (secondary N) is 1. The Hall–Kier alpha value is -2.91. The topological polar surface area (TPSA) is 88.6 Å². The molecular formula is C21H21N3O4S2. The molecular weight excluding hydrogens is 422 g/mol. The molecule has 4 rings (SSSR count). The van der Waals surface area contributed by atoms with E-state index in [9.17, 15) is 13.2 Å². The van der Waals surface area contributed by atoms with Crippen LogP contribution < -0.4 is 9.46 Å². The van der Waals surface area contributed by atoms with E-state index in [-0.39, 0.29) is 16.8 Å². The van der Waals surface area contributed by atoms with Gasteiger partial charge in [-0.3, -0.25) is 9.52 Å². The summed E-state index contributed by atoms with van der Waals surface area (Å²) in [5.41, 5.74) is 1.49. The molecule has 3 aromatic rings. The molecule has 1 aliphatic rings. The molecule has 9 heteroatoms. The first-order valence-electron chi connectivity index (χ1n) is 9.45. The Morgan fingerprint density at radius 2 is 2.03 bits per heavy atom. The lowest BCUT2D eigenvalue weighted by Crippen LogP contribution is -2.30. The van der Waals surface area contributed by atoms with Gasteiger partial charge in [-0.2, -0.15) is 0 Å². The van der Waals surface area contributed by atoms with Gasteiger partial charge in [-0.1, -0.05) is 12.1 Å². The Kier molecular flexibility index (Phi) is 5.74. The predicted molar refractivity (Wildman–Crippen MR) is 115 cm³/mol. The van der Waals surface area contributed by atoms with Gasteiger partial charge in [0.1, 0.15) is 5.75 Å². The van der Waals surface area contributed by atoms with Crippen molar-refractivity contribution in [2.24, 2.45) is 0 Å². The summed E-state index contributed by atoms with van der Waals surface area (Å²) in [6.45, 7) is 0.659. The Labute approximate surface area is 179 Å². The van der Waals surface area contributed by atoms with Crippen LogP contribution in [0.15, 0.2) is 65.0 Å². The maximum Gasteiger partial charge on any atom is 0.263 e. The zero-order valence-corrected chi connectivity index (χ0v) is 17.9. The van der Waals surface area contributed by atoms with E-state index >= 15 is 0 Å². The smallest absolute Gasteiger partial charge is 0.263 e. The molecule has 30 heavy (non-hydrogen) atoms. The maximum absolute atomic E-state index is 13.1. The Morgan fingerprint density at radius 3 is 2.73 bits per heavy atom. The summed E-state index contributed by atoms with van der Waals surface area (Å²) < 4.78 is 32.7. The standard InChI is InChI=1S/C21H21N3O4S2/c1-28-17-5-2-4-16(14-17)19-6-3-12-24(19)20(25)15-7-9-18(10-8-15)30(26,27)23-21-22-11-13-29-21/h2,4-5,7-11,13-14,19H,3,6,12H2,1H3,(H,22,23). The summed E-state index contributed by atoms with van der Waals surface area (Å²) in [7, 11) is -2.13. The van der Waals surface area contributed by atoms with Gasteiger partial charge >= 0.3 is 0 Å². The molecule has 2 aromatic carbocycles. The predicted octanol–water partition coefficient (Wildman–Crippen LogP) is 3.93. The number of likely N-dealkylation sites (tertiary alicyclic amines) is 1. The quantitative estimate of drug-likeness (QED) is 0.624. The number of aromatic nitrogens is 1. The number of nitrogens with zero attached hydrogens (tertiary/aromatic N) is 2. The Balaban J connectivity index is 1.53. The Bertz CT molecular complexity index is 1130. The molecule has 1 aliphatic heterocycles. The van der Waals surface area contributed by atoms with Gasteiger partial charge in [0.05, 0.1) is 18.0 Å². The highest BCUT2D eigenvalue weighted by atomic mass is 32.2. The number of ether oxygens (including phenoxy) is 1. The van der Waals surface area contributed by atoms with Gasteiger partial charge in [-0.05, 0) is 54.8 Å². The highest BCUT2D eigenvalue weighted by molar-refractivity contribution is 7.93. The van der Waals surface area contributed by atoms with Crippen molar-refractivity contribution in [2.45, 2.75) is 23.8 Å². The third kappa shape index (κ3) is 4.17. The molecule has 1 aromatic heterocycles. The maximum atomic E-state index is 13.1. The lowest BCUT2D eigenvalue weighted by atomic mass is 10.0. The summed E-state index contributed by atoms with van der Waals surface area (Å²) in [5.74, 6) is 0.645. The monoisotopic (exact) mass is 443 g/mol. The molecule has 156 valence electrons. The number of hydrogen-bond acceptors (Lipinski definition) is 6. The number of thiazole rings is 1. The molecule has 7 nitrogen and oxygen atoms in total. The molecule has 1 amide bonds. The fourth-order valence-electron chi connectivity index (χ4n) is 3.60. The van der Waals surface area contributed by atoms with Crippen molar-refractivity contribution in [1.82, 2.24) is 9.88 Å². The fourth-order valence-corrected chi connectivity index (χ4v) is 5.38. The number of carbonyl (C=O) groups is 1. The normalized spacial score (nSPS) is 16.4. The third-order valence-corrected chi connectivity index (χ3v) is 7.23. The molecule has 1 N–H and O–H groups in total. The minimum Gasteiger partial charge on any atom is -0.497 e. The van der Waals surface area contributed by atoms with Crippen LogP contribution in [-0.4, -0.2) is 37.9 Å². The van der Waals surface area contributed by atoms with E-state index in [4.69, 9.17) is 4.74 Å². The number of hydrogen-bond donors (Lipinski definition) is 1. The van der Waals surface area contributed by atoms with Crippen molar-refractivity contribution in [3.8, 4) is 5.75 Å². The largest absolute Gasteiger partial charge is 0.497 e. The van der Waals surface area contributed by atoms with E-state index in [1.165, 1.54) is 29.7 Å². The molecule has 1 fully saturated rings. The second kappa shape index (κ2) is 8.45. The van der Waals surface area contributed by atoms with E-state index < -0.39 is 10.0 Å². The average molecular weight is 444 g/mol. The summed E-state index contributed by atoms with van der Waals surface area (Å²) in [6.07, 6.45) is 3.32. The van der Waals surface area contributed by atoms with Gasteiger partial charge in [0.2, 0.25) is 0 Å². The zero-order chi connectivity index (χ0) is 21.1. The molecule has 0 saturated carbocycles. The third-order valence-electron chi connectivity index (χ3n) is 5.06. The lowest BCUT2D eigenvalue weighted by Gasteiger charge is -2.25. The van der Waals surface area contributed by atoms with Gasteiger partial charge in [-0.25, -0.2) is 13.4 Å². The van der Waals surface area contributed by atoms with E-state index in [2.05, 4.69) is 9.71 Å². The average Bonchev–Trinajstić information content (AvgIpc) is 3.45. The van der Waals surface area contributed by atoms with Gasteiger partial charge in [0.25, 0.3) is 15.9 Å². The summed E-state index contributed by atoms with van der Waals surface area (Å²) in [4.78, 5) is 19.0. The minimum atomic E-state index is -3.75. The van der Waals surface area contributed by atoms with Crippen LogP contribution in [0.2, 0.25) is 0 Å². The van der Waals surface area contributed by atoms with Gasteiger partial charge in [0.15, 0.2) is 5.13 Å². The highest BCUT2D eigenvalue weighted by Crippen LogP contribution is 2.34. The molecule has 0 radical (unpaired) electrons. The molecule has 0 spiro atoms. The Morgan fingerprint density at radius 1 is 1.23 bits per heavy atom. The molecule has 0 bridgehead atoms. The van der Waals surface area contributed by atoms with Crippen LogP contribution in [0, 0.1) is 0 Å². The van der Waals surface area contributed by atoms with E-state index in [1.54, 1.807) is 24.6 Å². The first-order chi connectivity index (χ1) is 14.5. The van der Waals surface area contributed by atoms with Crippen molar-refractivity contribution < 1.29 is 17.9 Å². The molecule has 2 heterocycles. The van der Waals surface area contributed by atoms with E-state index in [1.807, 2.05) is 29.2 Å². The molecule has 1 atom stereocenters. The number of methoxy groups -OCH3 is 1. The van der Waals surface area contributed by atoms with Crippen molar-refractivity contribution in [3.63, 3.8) is 0 Å². The number of sulfonamides is 1. The summed E-state index contributed by atoms with van der Waals surface area (Å²) >= 11 is 1.20. The molecule has 1 unspecified atom stereocenters. The number of benzene rings is 2. The van der Waals surface area contributed by atoms with Crippen LogP contribution in [-0.2, 0) is 10.0 Å². The van der Waals surface area contributed by atoms with Crippen molar-refractivity contribution >= 4 is 32.4 Å². The lowest BCUT2D eigenvalue weighted by molar-refractivity contribution is 0.0735. The van der Waals surface area contributed by atoms with Crippen LogP contribution in [0.5, 0.6) is 5.75 Å². The van der Waals surface area contributed by atoms with Crippen LogP contribution in [0.4, 0.5) is 5.13 Å². The molecule has 1 saturated heterocycles. The second-order valence-electron chi connectivity index (χ2n) is 6.90. The minimum absolute atomic E-state index is 0.0254. The van der Waals surface area contributed by atoms with Crippen molar-refractivity contribution in [1.29, 1.82) is 0 Å². The highest BCUT2D eigenvalue weighted by Gasteiger charge is 2.31. The molecule has 0 aliphatic carbocycles. The van der Waals surface area contributed by atoms with Crippen LogP contribution in [0.25, 0.3) is 0 Å². The van der Waals surface area contributed by atoms with Crippen molar-refractivity contribution in [2.75, 3.05) is 18.4 Å². The van der Waals surface area contributed by atoms with Crippen LogP contribution >= 0.6 is 11.3 Å². The first kappa shape index (κ1) is 20.4. The van der Waals surface area contributed by atoms with Gasteiger partial charge in [0, 0.05) is 23.7 Å². The van der Waals surface area contributed by atoms with Gasteiger partial charge < -0.3 is 9.64 Å². The fraction of sp³-hybridized carbons (Fsp3) is 0.238. The second-order valence-corrected chi connectivity index (χ2v) is 9.48. The number of amides is 1. The van der Waals surface area contributed by atoms with E-state index in [0.717, 1.165) is 24.2 Å². The summed E-state index contributed by atoms with van der Waals surface area (Å²) in [6, 6.07) is 13.7.